The molecule has 2 atom stereocenters. The standard InChI is InChI=1S/C14H29N/c1-12(2)7-6-8-13(3)11-14-9-4-5-10-15-14/h12-15H,4-11H2,1-3H3/t13-,14-/m1/s1. The molecule has 0 radical (unpaired) electrons. The summed E-state index contributed by atoms with van der Waals surface area (Å²) in [6, 6.07) is 0.827. The molecule has 0 bridgehead atoms. The van der Waals surface area contributed by atoms with E-state index in [-0.39, 0.29) is 0 Å². The van der Waals surface area contributed by atoms with Crippen LogP contribution in [0.25, 0.3) is 0 Å². The van der Waals surface area contributed by atoms with Crippen LogP contribution >= 0.6 is 0 Å². The molecule has 15 heavy (non-hydrogen) atoms. The highest BCUT2D eigenvalue weighted by atomic mass is 14.9. The van der Waals surface area contributed by atoms with Gasteiger partial charge in [0.2, 0.25) is 0 Å². The minimum Gasteiger partial charge on any atom is -0.314 e. The average Bonchev–Trinajstić information content (AvgIpc) is 2.18. The Hall–Kier alpha value is -0.0400. The molecule has 1 aliphatic rings. The van der Waals surface area contributed by atoms with E-state index in [1.807, 2.05) is 0 Å². The lowest BCUT2D eigenvalue weighted by Crippen LogP contribution is -2.35. The van der Waals surface area contributed by atoms with Gasteiger partial charge in [0, 0.05) is 6.04 Å². The van der Waals surface area contributed by atoms with Gasteiger partial charge in [0.15, 0.2) is 0 Å². The van der Waals surface area contributed by atoms with Crippen molar-refractivity contribution in [3.05, 3.63) is 0 Å². The van der Waals surface area contributed by atoms with Gasteiger partial charge < -0.3 is 5.32 Å². The molecule has 0 amide bonds. The van der Waals surface area contributed by atoms with E-state index in [1.54, 1.807) is 0 Å². The summed E-state index contributed by atoms with van der Waals surface area (Å²) in [5, 5.41) is 3.65. The molecule has 0 saturated carbocycles. The fourth-order valence-electron chi connectivity index (χ4n) is 2.60. The van der Waals surface area contributed by atoms with Gasteiger partial charge in [0.25, 0.3) is 0 Å². The molecule has 1 nitrogen and oxygen atoms in total. The number of rotatable bonds is 6. The third-order valence-corrected chi connectivity index (χ3v) is 3.58. The van der Waals surface area contributed by atoms with Crippen molar-refractivity contribution < 1.29 is 0 Å². The third-order valence-electron chi connectivity index (χ3n) is 3.58. The summed E-state index contributed by atoms with van der Waals surface area (Å²) in [6.07, 6.45) is 9.89. The summed E-state index contributed by atoms with van der Waals surface area (Å²) < 4.78 is 0. The summed E-state index contributed by atoms with van der Waals surface area (Å²) >= 11 is 0. The molecule has 0 spiro atoms. The lowest BCUT2D eigenvalue weighted by Gasteiger charge is -2.26. The summed E-state index contributed by atoms with van der Waals surface area (Å²) in [6.45, 7) is 8.33. The van der Waals surface area contributed by atoms with Crippen LogP contribution in [0.3, 0.4) is 0 Å². The molecule has 0 aromatic heterocycles. The Bertz CT molecular complexity index is 147. The van der Waals surface area contributed by atoms with Crippen molar-refractivity contribution in [2.24, 2.45) is 11.8 Å². The number of hydrogen-bond acceptors (Lipinski definition) is 1. The molecular weight excluding hydrogens is 182 g/mol. The second-order valence-corrected chi connectivity index (χ2v) is 5.81. The molecule has 1 rings (SSSR count). The van der Waals surface area contributed by atoms with E-state index in [4.69, 9.17) is 0 Å². The van der Waals surface area contributed by atoms with Gasteiger partial charge in [-0.15, -0.1) is 0 Å². The van der Waals surface area contributed by atoms with Crippen molar-refractivity contribution in [2.45, 2.75) is 71.8 Å². The molecule has 0 aliphatic carbocycles. The lowest BCUT2D eigenvalue weighted by molar-refractivity contribution is 0.321. The first-order chi connectivity index (χ1) is 7.18. The van der Waals surface area contributed by atoms with Gasteiger partial charge in [-0.05, 0) is 37.6 Å². The van der Waals surface area contributed by atoms with E-state index < -0.39 is 0 Å². The van der Waals surface area contributed by atoms with Crippen LogP contribution in [0, 0.1) is 11.8 Å². The molecule has 1 saturated heterocycles. The molecule has 90 valence electrons. The van der Waals surface area contributed by atoms with Gasteiger partial charge in [-0.1, -0.05) is 46.5 Å². The molecule has 0 unspecified atom stereocenters. The first-order valence-corrected chi connectivity index (χ1v) is 6.92. The van der Waals surface area contributed by atoms with E-state index in [0.29, 0.717) is 0 Å². The predicted molar refractivity (Wildman–Crippen MR) is 68.1 cm³/mol. The topological polar surface area (TPSA) is 12.0 Å². The quantitative estimate of drug-likeness (QED) is 0.700. The molecule has 1 N–H and O–H groups in total. The smallest absolute Gasteiger partial charge is 0.00696 e. The van der Waals surface area contributed by atoms with Crippen molar-refractivity contribution in [1.29, 1.82) is 0 Å². The zero-order chi connectivity index (χ0) is 11.1. The van der Waals surface area contributed by atoms with Crippen molar-refractivity contribution >= 4 is 0 Å². The number of nitrogens with one attached hydrogen (secondary N) is 1. The monoisotopic (exact) mass is 211 g/mol. The minimum absolute atomic E-state index is 0.827. The lowest BCUT2D eigenvalue weighted by atomic mass is 9.91. The molecular formula is C14H29N. The summed E-state index contributed by atoms with van der Waals surface area (Å²) in [4.78, 5) is 0. The molecule has 1 heterocycles. The molecule has 0 aromatic rings. The fraction of sp³-hybridized carbons (Fsp3) is 1.00. The highest BCUT2D eigenvalue weighted by Gasteiger charge is 2.15. The second-order valence-electron chi connectivity index (χ2n) is 5.81. The van der Waals surface area contributed by atoms with Crippen LogP contribution in [0.1, 0.15) is 65.7 Å². The number of piperidine rings is 1. The van der Waals surface area contributed by atoms with Crippen LogP contribution in [0.4, 0.5) is 0 Å². The van der Waals surface area contributed by atoms with E-state index in [2.05, 4.69) is 26.1 Å². The van der Waals surface area contributed by atoms with Crippen LogP contribution in [0.2, 0.25) is 0 Å². The highest BCUT2D eigenvalue weighted by molar-refractivity contribution is 4.74. The Morgan fingerprint density at radius 1 is 1.13 bits per heavy atom. The summed E-state index contributed by atoms with van der Waals surface area (Å²) in [5.74, 6) is 1.80. The molecule has 1 fully saturated rings. The molecule has 0 aromatic carbocycles. The highest BCUT2D eigenvalue weighted by Crippen LogP contribution is 2.20. The largest absolute Gasteiger partial charge is 0.314 e. The molecule has 1 heteroatoms. The average molecular weight is 211 g/mol. The maximum Gasteiger partial charge on any atom is 0.00696 e. The Labute approximate surface area is 96.0 Å². The van der Waals surface area contributed by atoms with E-state index in [0.717, 1.165) is 17.9 Å². The number of hydrogen-bond donors (Lipinski definition) is 1. The third kappa shape index (κ3) is 6.19. The van der Waals surface area contributed by atoms with Crippen LogP contribution in [0.15, 0.2) is 0 Å². The van der Waals surface area contributed by atoms with E-state index >= 15 is 0 Å². The first kappa shape index (κ1) is 13.0. The Morgan fingerprint density at radius 2 is 1.93 bits per heavy atom. The van der Waals surface area contributed by atoms with E-state index in [1.165, 1.54) is 51.5 Å². The summed E-state index contributed by atoms with van der Waals surface area (Å²) in [5.41, 5.74) is 0. The van der Waals surface area contributed by atoms with Gasteiger partial charge in [-0.2, -0.15) is 0 Å². The predicted octanol–water partition coefficient (Wildman–Crippen LogP) is 3.98. The van der Waals surface area contributed by atoms with Crippen LogP contribution in [-0.4, -0.2) is 12.6 Å². The van der Waals surface area contributed by atoms with Crippen LogP contribution in [0.5, 0.6) is 0 Å². The Morgan fingerprint density at radius 3 is 2.53 bits per heavy atom. The van der Waals surface area contributed by atoms with Gasteiger partial charge in [-0.25, -0.2) is 0 Å². The Balaban J connectivity index is 2.03. The normalized spacial score (nSPS) is 24.4. The van der Waals surface area contributed by atoms with Crippen molar-refractivity contribution in [2.75, 3.05) is 6.54 Å². The van der Waals surface area contributed by atoms with Crippen molar-refractivity contribution in [3.63, 3.8) is 0 Å². The van der Waals surface area contributed by atoms with Crippen molar-refractivity contribution in [1.82, 2.24) is 5.32 Å². The van der Waals surface area contributed by atoms with Gasteiger partial charge in [0.05, 0.1) is 0 Å². The first-order valence-electron chi connectivity index (χ1n) is 6.92. The minimum atomic E-state index is 0.827. The van der Waals surface area contributed by atoms with Gasteiger partial charge >= 0.3 is 0 Å². The second kappa shape index (κ2) is 7.27. The van der Waals surface area contributed by atoms with Gasteiger partial charge in [-0.3, -0.25) is 0 Å². The zero-order valence-electron chi connectivity index (χ0n) is 10.9. The van der Waals surface area contributed by atoms with Crippen LogP contribution in [-0.2, 0) is 0 Å². The fourth-order valence-corrected chi connectivity index (χ4v) is 2.60. The maximum atomic E-state index is 3.65. The van der Waals surface area contributed by atoms with Gasteiger partial charge in [0.1, 0.15) is 0 Å². The maximum absolute atomic E-state index is 3.65. The van der Waals surface area contributed by atoms with Crippen molar-refractivity contribution in [3.8, 4) is 0 Å². The zero-order valence-corrected chi connectivity index (χ0v) is 10.9. The summed E-state index contributed by atoms with van der Waals surface area (Å²) in [7, 11) is 0. The van der Waals surface area contributed by atoms with E-state index in [9.17, 15) is 0 Å². The Kier molecular flexibility index (Phi) is 6.31. The SMILES string of the molecule is CC(C)CCC[C@@H](C)C[C@H]1CCCCN1. The molecule has 1 aliphatic heterocycles. The van der Waals surface area contributed by atoms with Crippen LogP contribution < -0.4 is 5.32 Å².